The Bertz CT molecular complexity index is 119. The normalized spacial score (nSPS) is 4.17. The van der Waals surface area contributed by atoms with E-state index < -0.39 is 17.9 Å². The summed E-state index contributed by atoms with van der Waals surface area (Å²) in [6.45, 7) is 2.92. The van der Waals surface area contributed by atoms with Crippen LogP contribution in [0, 0.1) is 0 Å². The Morgan fingerprint density at radius 1 is 0.556 bits per heavy atom. The van der Waals surface area contributed by atoms with Gasteiger partial charge in [-0.05, 0) is 20.8 Å². The molecule has 0 radical (unpaired) electrons. The Kier molecular flexibility index (Phi) is 205. The van der Waals surface area contributed by atoms with E-state index in [-0.39, 0.29) is 60.1 Å². The second-order valence-electron chi connectivity index (χ2n) is 1.47. The van der Waals surface area contributed by atoms with Crippen LogP contribution in [0.4, 0.5) is 0 Å². The monoisotopic (exact) mass is 356 g/mol. The van der Waals surface area contributed by atoms with Crippen LogP contribution in [0.1, 0.15) is 20.8 Å². The molecule has 18 heavy (non-hydrogen) atoms. The topological polar surface area (TPSA) is 278 Å². The Hall–Kier alpha value is -0.686. The molecule has 0 rings (SSSR count). The fourth-order valence-electron chi connectivity index (χ4n) is 0. The molecule has 12 heteroatoms. The molecule has 0 aliphatic rings. The fraction of sp³-hybridized carbons (Fsp3) is 0.500. The summed E-state index contributed by atoms with van der Waals surface area (Å²) in [4.78, 5) is 26.7. The first-order valence-electron chi connectivity index (χ1n) is 2.72. The average molecular weight is 356 g/mol. The van der Waals surface area contributed by atoms with E-state index >= 15 is 0 Å². The van der Waals surface area contributed by atoms with Crippen molar-refractivity contribution in [2.45, 2.75) is 20.8 Å². The molecule has 112 valence electrons. The van der Waals surface area contributed by atoms with Gasteiger partial charge in [-0.2, -0.15) is 0 Å². The van der Waals surface area contributed by atoms with E-state index in [1.807, 2.05) is 0 Å². The van der Waals surface area contributed by atoms with Crippen LogP contribution in [0.25, 0.3) is 0 Å². The zero-order chi connectivity index (χ0) is 10.7. The van der Waals surface area contributed by atoms with Gasteiger partial charge in [-0.3, -0.25) is 0 Å². The third-order valence-corrected chi connectivity index (χ3v) is 0. The smallest absolute Gasteiger partial charge is 0.550 e. The van der Waals surface area contributed by atoms with Crippen molar-refractivity contribution in [3.63, 3.8) is 0 Å². The van der Waals surface area contributed by atoms with Gasteiger partial charge in [-0.1, -0.05) is 0 Å². The van der Waals surface area contributed by atoms with Gasteiger partial charge in [0.15, 0.2) is 0 Å². The molecule has 0 saturated heterocycles. The number of hydrogen-bond donors (Lipinski definition) is 0. The van der Waals surface area contributed by atoms with Crippen molar-refractivity contribution in [2.75, 3.05) is 0 Å². The van der Waals surface area contributed by atoms with Crippen molar-refractivity contribution >= 4 is 17.9 Å². The summed E-state index contributed by atoms with van der Waals surface area (Å²) >= 11 is 0. The number of carbonyl (C=O) groups excluding carboxylic acids is 3. The zero-order valence-electron chi connectivity index (χ0n) is 10.0. The number of carboxylic acids is 3. The largest absolute Gasteiger partial charge is 3.00 e. The Morgan fingerprint density at radius 2 is 0.556 bits per heavy atom. The van der Waals surface area contributed by atoms with Gasteiger partial charge in [0.1, 0.15) is 0 Å². The molecule has 0 aromatic heterocycles. The van der Waals surface area contributed by atoms with Crippen molar-refractivity contribution in [2.24, 2.45) is 0 Å². The molecule has 0 aliphatic heterocycles. The summed E-state index contributed by atoms with van der Waals surface area (Å²) in [7, 11) is 0. The predicted molar refractivity (Wildman–Crippen MR) is 50.1 cm³/mol. The zero-order valence-corrected chi connectivity index (χ0v) is 12.9. The number of carbonyl (C=O) groups is 3. The maximum Gasteiger partial charge on any atom is 3.00 e. The van der Waals surface area contributed by atoms with Crippen LogP contribution in [0.2, 0.25) is 0 Å². The molecule has 0 spiro atoms. The number of hydrogen-bond acceptors (Lipinski definition) is 6. The molecule has 0 aromatic carbocycles. The molecule has 0 heterocycles. The Labute approximate surface area is 128 Å². The molecule has 0 amide bonds. The first kappa shape index (κ1) is 66.7. The van der Waals surface area contributed by atoms with Gasteiger partial charge in [0.05, 0.1) is 0 Å². The van der Waals surface area contributed by atoms with Crippen molar-refractivity contribution in [3.05, 3.63) is 0 Å². The molecule has 10 N–H and O–H groups in total. The first-order valence-corrected chi connectivity index (χ1v) is 2.72. The van der Waals surface area contributed by atoms with E-state index in [1.165, 1.54) is 0 Å². The number of aliphatic carboxylic acids is 3. The molecule has 0 fully saturated rings. The number of carboxylic acid groups (broad SMARTS) is 3. The molecule has 11 nitrogen and oxygen atoms in total. The van der Waals surface area contributed by atoms with E-state index in [4.69, 9.17) is 29.7 Å². The molecule has 0 aromatic rings. The summed E-state index contributed by atoms with van der Waals surface area (Å²) in [5.74, 6) is -3.25. The molecule has 0 unspecified atom stereocenters. The second-order valence-corrected chi connectivity index (χ2v) is 1.47. The van der Waals surface area contributed by atoms with Gasteiger partial charge < -0.3 is 57.1 Å². The van der Waals surface area contributed by atoms with Gasteiger partial charge in [-0.25, -0.2) is 0 Å². The molecule has 0 saturated carbocycles. The Morgan fingerprint density at radius 3 is 0.556 bits per heavy atom. The second kappa shape index (κ2) is 55.4. The summed E-state index contributed by atoms with van der Waals surface area (Å²) in [6, 6.07) is 0. The molecular formula is C6H19O11Y. The summed E-state index contributed by atoms with van der Waals surface area (Å²) in [5.41, 5.74) is 0. The maximum atomic E-state index is 8.89. The SMILES string of the molecule is CC(=O)[O-].CC(=O)[O-].CC(=O)[O-].O.O.O.O.O.[Y+3]. The minimum absolute atomic E-state index is 0. The van der Waals surface area contributed by atoms with Crippen molar-refractivity contribution < 1.29 is 89.8 Å². The molecule has 0 aliphatic carbocycles. The molecule has 0 bridgehead atoms. The van der Waals surface area contributed by atoms with E-state index in [0.29, 0.717) is 0 Å². The average Bonchev–Trinajstić information content (AvgIpc) is 1.54. The third kappa shape index (κ3) is 6670. The minimum Gasteiger partial charge on any atom is -0.550 e. The van der Waals surface area contributed by atoms with Gasteiger partial charge in [0.25, 0.3) is 0 Å². The number of rotatable bonds is 0. The summed E-state index contributed by atoms with van der Waals surface area (Å²) < 4.78 is 0. The van der Waals surface area contributed by atoms with Gasteiger partial charge in [0.2, 0.25) is 0 Å². The van der Waals surface area contributed by atoms with Gasteiger partial charge in [0, 0.05) is 17.9 Å². The molecule has 0 atom stereocenters. The molecular weight excluding hydrogens is 337 g/mol. The van der Waals surface area contributed by atoms with Crippen molar-refractivity contribution in [1.82, 2.24) is 0 Å². The first-order chi connectivity index (χ1) is 5.20. The maximum absolute atomic E-state index is 8.89. The van der Waals surface area contributed by atoms with Crippen LogP contribution < -0.4 is 15.3 Å². The van der Waals surface area contributed by atoms with E-state index in [2.05, 4.69) is 0 Å². The quantitative estimate of drug-likeness (QED) is 0.405. The van der Waals surface area contributed by atoms with Crippen molar-refractivity contribution in [3.8, 4) is 0 Å². The third-order valence-electron chi connectivity index (χ3n) is 0. The van der Waals surface area contributed by atoms with E-state index in [0.717, 1.165) is 20.8 Å². The Balaban J connectivity index is -0.00000000827. The van der Waals surface area contributed by atoms with Crippen LogP contribution in [0.3, 0.4) is 0 Å². The van der Waals surface area contributed by atoms with Gasteiger partial charge >= 0.3 is 32.7 Å². The van der Waals surface area contributed by atoms with Gasteiger partial charge in [-0.15, -0.1) is 0 Å². The van der Waals surface area contributed by atoms with E-state index in [9.17, 15) is 0 Å². The standard InChI is InChI=1S/3C2H4O2.5H2O.Y/c3*1-2(3)4;;;;;;/h3*1H3,(H,3,4);5*1H2;/q;;;;;;;;+3/p-3. The van der Waals surface area contributed by atoms with Crippen LogP contribution >= 0.6 is 0 Å². The van der Waals surface area contributed by atoms with Crippen LogP contribution in [0.15, 0.2) is 0 Å². The fourth-order valence-corrected chi connectivity index (χ4v) is 0. The van der Waals surface area contributed by atoms with Crippen LogP contribution in [-0.2, 0) is 47.1 Å². The van der Waals surface area contributed by atoms with Crippen LogP contribution in [-0.4, -0.2) is 45.3 Å². The summed E-state index contributed by atoms with van der Waals surface area (Å²) in [5, 5.41) is 26.7. The predicted octanol–water partition coefficient (Wildman–Crippen LogP) is -7.86. The van der Waals surface area contributed by atoms with Crippen molar-refractivity contribution in [1.29, 1.82) is 0 Å². The minimum atomic E-state index is -1.08. The van der Waals surface area contributed by atoms with E-state index in [1.54, 1.807) is 0 Å². The van der Waals surface area contributed by atoms with Crippen LogP contribution in [0.5, 0.6) is 0 Å². The summed E-state index contributed by atoms with van der Waals surface area (Å²) in [6.07, 6.45) is 0.